The Morgan fingerprint density at radius 2 is 2.09 bits per heavy atom. The third-order valence-corrected chi connectivity index (χ3v) is 6.88. The number of amides is 1. The Hall–Kier alpha value is -3.21. The molecule has 0 radical (unpaired) electrons. The molecule has 0 saturated carbocycles. The van der Waals surface area contributed by atoms with Crippen LogP contribution in [0.2, 0.25) is 0 Å². The van der Waals surface area contributed by atoms with Crippen molar-refractivity contribution in [1.82, 2.24) is 20.1 Å². The third-order valence-electron chi connectivity index (χ3n) is 5.90. The quantitative estimate of drug-likeness (QED) is 0.453. The van der Waals surface area contributed by atoms with E-state index in [0.717, 1.165) is 4.70 Å². The van der Waals surface area contributed by atoms with Crippen LogP contribution in [0.15, 0.2) is 42.0 Å². The molecule has 1 aromatic carbocycles. The number of hydrogen-bond acceptors (Lipinski definition) is 6. The summed E-state index contributed by atoms with van der Waals surface area (Å²) in [5.41, 5.74) is 2.21. The van der Waals surface area contributed by atoms with Gasteiger partial charge < -0.3 is 15.2 Å². The number of fused-ring (bicyclic) bond motifs is 1. The van der Waals surface area contributed by atoms with Crippen LogP contribution in [0, 0.1) is 11.6 Å². The van der Waals surface area contributed by atoms with Gasteiger partial charge in [-0.2, -0.15) is 5.10 Å². The van der Waals surface area contributed by atoms with E-state index in [1.165, 1.54) is 23.5 Å². The summed E-state index contributed by atoms with van der Waals surface area (Å²) in [6.45, 7) is 0.646. The van der Waals surface area contributed by atoms with E-state index in [-0.39, 0.29) is 24.3 Å². The third kappa shape index (κ3) is 4.44. The maximum Gasteiger partial charge on any atom is 0.270 e. The van der Waals surface area contributed by atoms with Gasteiger partial charge in [-0.1, -0.05) is 0 Å². The molecule has 1 fully saturated rings. The van der Waals surface area contributed by atoms with Gasteiger partial charge in [-0.3, -0.25) is 9.48 Å². The number of nitrogens with zero attached hydrogens (tertiary/aromatic N) is 3. The highest BCUT2D eigenvalue weighted by Gasteiger charge is 2.26. The molecule has 176 valence electrons. The summed E-state index contributed by atoms with van der Waals surface area (Å²) < 4.78 is 37.7. The molecule has 0 spiro atoms. The highest BCUT2D eigenvalue weighted by Crippen LogP contribution is 2.30. The van der Waals surface area contributed by atoms with Crippen LogP contribution < -0.4 is 5.32 Å². The van der Waals surface area contributed by atoms with Gasteiger partial charge >= 0.3 is 0 Å². The lowest BCUT2D eigenvalue weighted by molar-refractivity contribution is -0.0140. The molecule has 4 aromatic rings. The lowest BCUT2D eigenvalue weighted by Crippen LogP contribution is -2.49. The second-order valence-electron chi connectivity index (χ2n) is 8.31. The van der Waals surface area contributed by atoms with E-state index in [0.29, 0.717) is 35.2 Å². The molecular formula is C24H22F2N4O3S. The zero-order valence-electron chi connectivity index (χ0n) is 18.3. The molecule has 0 unspecified atom stereocenters. The molecule has 3 aromatic heterocycles. The van der Waals surface area contributed by atoms with E-state index in [1.807, 2.05) is 5.38 Å². The molecular weight excluding hydrogens is 462 g/mol. The van der Waals surface area contributed by atoms with Crippen LogP contribution in [-0.2, 0) is 18.2 Å². The Morgan fingerprint density at radius 1 is 1.29 bits per heavy atom. The monoisotopic (exact) mass is 484 g/mol. The molecule has 5 rings (SSSR count). The standard InChI is InChI=1S/C24H22F2N4O3S/c1-30-11-15(10-27-30)13-7-17(25)16(18(26)8-13)6-14-9-20(28-19-3-5-34-23(14)19)24(32)29-21-12-33-4-2-22(21)31/h3,5,7-11,21-22,31H,2,4,6,12H2,1H3,(H,29,32)/t21-,22-/m0/s1. The normalized spacial score (nSPS) is 18.4. The topological polar surface area (TPSA) is 89.3 Å². The summed E-state index contributed by atoms with van der Waals surface area (Å²) in [6.07, 6.45) is 2.92. The molecule has 7 nitrogen and oxygen atoms in total. The molecule has 2 N–H and O–H groups in total. The predicted octanol–water partition coefficient (Wildman–Crippen LogP) is 3.45. The van der Waals surface area contributed by atoms with Crippen LogP contribution in [-0.4, -0.2) is 51.1 Å². The van der Waals surface area contributed by atoms with Crippen LogP contribution in [0.25, 0.3) is 21.3 Å². The molecule has 0 aliphatic carbocycles. The van der Waals surface area contributed by atoms with Gasteiger partial charge in [-0.25, -0.2) is 13.8 Å². The molecule has 10 heteroatoms. The van der Waals surface area contributed by atoms with Crippen molar-refractivity contribution in [1.29, 1.82) is 0 Å². The van der Waals surface area contributed by atoms with Gasteiger partial charge in [-0.05, 0) is 47.2 Å². The first-order valence-corrected chi connectivity index (χ1v) is 11.7. The average molecular weight is 485 g/mol. The molecule has 1 aliphatic heterocycles. The van der Waals surface area contributed by atoms with Crippen molar-refractivity contribution >= 4 is 27.5 Å². The first kappa shape index (κ1) is 22.6. The first-order valence-electron chi connectivity index (χ1n) is 10.8. The fourth-order valence-electron chi connectivity index (χ4n) is 4.08. The van der Waals surface area contributed by atoms with Gasteiger partial charge in [0.15, 0.2) is 0 Å². The number of rotatable bonds is 5. The van der Waals surface area contributed by atoms with Gasteiger partial charge in [0.25, 0.3) is 5.91 Å². The second kappa shape index (κ2) is 9.21. The Labute approximate surface area is 198 Å². The van der Waals surface area contributed by atoms with Crippen LogP contribution in [0.3, 0.4) is 0 Å². The minimum absolute atomic E-state index is 0.0417. The summed E-state index contributed by atoms with van der Waals surface area (Å²) in [6, 6.07) is 5.36. The molecule has 34 heavy (non-hydrogen) atoms. The van der Waals surface area contributed by atoms with Gasteiger partial charge in [-0.15, -0.1) is 11.3 Å². The fraction of sp³-hybridized carbons (Fsp3) is 0.292. The van der Waals surface area contributed by atoms with Crippen molar-refractivity contribution in [2.75, 3.05) is 13.2 Å². The van der Waals surface area contributed by atoms with Crippen molar-refractivity contribution in [2.24, 2.45) is 7.05 Å². The number of nitrogens with one attached hydrogen (secondary N) is 1. The maximum absolute atomic E-state index is 15.0. The fourth-order valence-corrected chi connectivity index (χ4v) is 4.93. The number of benzene rings is 1. The summed E-state index contributed by atoms with van der Waals surface area (Å²) >= 11 is 1.39. The molecule has 1 aliphatic rings. The minimum atomic E-state index is -0.705. The average Bonchev–Trinajstić information content (AvgIpc) is 3.46. The summed E-state index contributed by atoms with van der Waals surface area (Å²) in [5.74, 6) is -1.82. The number of pyridine rings is 1. The van der Waals surface area contributed by atoms with Gasteiger partial charge in [0.2, 0.25) is 0 Å². The van der Waals surface area contributed by atoms with Crippen molar-refractivity contribution in [3.05, 3.63) is 70.5 Å². The Kier molecular flexibility index (Phi) is 6.11. The molecule has 2 atom stereocenters. The number of carbonyl (C=O) groups is 1. The molecule has 1 amide bonds. The minimum Gasteiger partial charge on any atom is -0.391 e. The van der Waals surface area contributed by atoms with E-state index in [2.05, 4.69) is 15.4 Å². The largest absolute Gasteiger partial charge is 0.391 e. The number of hydrogen-bond donors (Lipinski definition) is 2. The predicted molar refractivity (Wildman–Crippen MR) is 124 cm³/mol. The van der Waals surface area contributed by atoms with Crippen molar-refractivity contribution in [2.45, 2.75) is 25.0 Å². The summed E-state index contributed by atoms with van der Waals surface area (Å²) in [4.78, 5) is 17.3. The summed E-state index contributed by atoms with van der Waals surface area (Å²) in [5, 5.41) is 18.7. The summed E-state index contributed by atoms with van der Waals surface area (Å²) in [7, 11) is 1.73. The van der Waals surface area contributed by atoms with E-state index in [1.54, 1.807) is 36.3 Å². The maximum atomic E-state index is 15.0. The number of aromatic nitrogens is 3. The number of halogens is 2. The van der Waals surface area contributed by atoms with Gasteiger partial charge in [0.1, 0.15) is 17.3 Å². The number of aliphatic hydroxyl groups excluding tert-OH is 1. The van der Waals surface area contributed by atoms with Crippen LogP contribution >= 0.6 is 11.3 Å². The molecule has 0 bridgehead atoms. The zero-order chi connectivity index (χ0) is 23.8. The van der Waals surface area contributed by atoms with Crippen molar-refractivity contribution < 1.29 is 23.4 Å². The number of aryl methyl sites for hydroxylation is 1. The SMILES string of the molecule is Cn1cc(-c2cc(F)c(Cc3cc(C(=O)N[C@H]4COCC[C@@H]4O)nc4ccsc34)c(F)c2)cn1. The van der Waals surface area contributed by atoms with E-state index < -0.39 is 29.7 Å². The van der Waals surface area contributed by atoms with E-state index in [4.69, 9.17) is 4.74 Å². The smallest absolute Gasteiger partial charge is 0.270 e. The Morgan fingerprint density at radius 3 is 2.79 bits per heavy atom. The first-order chi connectivity index (χ1) is 16.4. The number of aliphatic hydroxyl groups is 1. The number of ether oxygens (including phenoxy) is 1. The van der Waals surface area contributed by atoms with Crippen molar-refractivity contribution in [3.63, 3.8) is 0 Å². The van der Waals surface area contributed by atoms with Crippen LogP contribution in [0.1, 0.15) is 28.0 Å². The zero-order valence-corrected chi connectivity index (χ0v) is 19.1. The highest BCUT2D eigenvalue weighted by atomic mass is 32.1. The molecule has 1 saturated heterocycles. The molecule has 4 heterocycles. The highest BCUT2D eigenvalue weighted by molar-refractivity contribution is 7.17. The lowest BCUT2D eigenvalue weighted by Gasteiger charge is -2.28. The van der Waals surface area contributed by atoms with Crippen LogP contribution in [0.4, 0.5) is 8.78 Å². The van der Waals surface area contributed by atoms with E-state index in [9.17, 15) is 9.90 Å². The van der Waals surface area contributed by atoms with E-state index >= 15 is 8.78 Å². The Balaban J connectivity index is 1.46. The van der Waals surface area contributed by atoms with Gasteiger partial charge in [0, 0.05) is 37.4 Å². The van der Waals surface area contributed by atoms with Crippen LogP contribution in [0.5, 0.6) is 0 Å². The Bertz CT molecular complexity index is 1350. The number of carbonyl (C=O) groups excluding carboxylic acids is 1. The van der Waals surface area contributed by atoms with Crippen molar-refractivity contribution in [3.8, 4) is 11.1 Å². The number of thiophene rings is 1. The second-order valence-corrected chi connectivity index (χ2v) is 9.23. The lowest BCUT2D eigenvalue weighted by atomic mass is 9.99. The van der Waals surface area contributed by atoms with Gasteiger partial charge in [0.05, 0.1) is 35.2 Å².